The summed E-state index contributed by atoms with van der Waals surface area (Å²) in [6.07, 6.45) is -0.759. The number of hydrogen-bond donors (Lipinski definition) is 2. The summed E-state index contributed by atoms with van der Waals surface area (Å²) in [4.78, 5) is 24.1. The van der Waals surface area contributed by atoms with Gasteiger partial charge < -0.3 is 9.47 Å². The minimum Gasteiger partial charge on any atom is -0.496 e. The van der Waals surface area contributed by atoms with Gasteiger partial charge in [-0.15, -0.1) is 0 Å². The Morgan fingerprint density at radius 2 is 1.67 bits per heavy atom. The topological polar surface area (TPSA) is 76.7 Å². The smallest absolute Gasteiger partial charge is 0.279 e. The fourth-order valence-corrected chi connectivity index (χ4v) is 1.99. The van der Waals surface area contributed by atoms with Crippen LogP contribution in [0.5, 0.6) is 11.5 Å². The lowest BCUT2D eigenvalue weighted by Gasteiger charge is -2.15. The molecule has 126 valence electrons. The van der Waals surface area contributed by atoms with E-state index in [-0.39, 0.29) is 0 Å². The van der Waals surface area contributed by atoms with Crippen molar-refractivity contribution in [3.05, 3.63) is 59.7 Å². The van der Waals surface area contributed by atoms with E-state index in [9.17, 15) is 9.59 Å². The van der Waals surface area contributed by atoms with Crippen LogP contribution in [0.4, 0.5) is 0 Å². The van der Waals surface area contributed by atoms with Gasteiger partial charge in [0.05, 0.1) is 12.7 Å². The number of para-hydroxylation sites is 1. The summed E-state index contributed by atoms with van der Waals surface area (Å²) >= 11 is 0. The third-order valence-corrected chi connectivity index (χ3v) is 3.35. The first-order valence-electron chi connectivity index (χ1n) is 7.48. The van der Waals surface area contributed by atoms with E-state index in [0.717, 1.165) is 5.56 Å². The van der Waals surface area contributed by atoms with Crippen LogP contribution >= 0.6 is 0 Å². The molecule has 2 amide bonds. The molecule has 0 saturated carbocycles. The first-order chi connectivity index (χ1) is 11.5. The molecule has 1 atom stereocenters. The van der Waals surface area contributed by atoms with Gasteiger partial charge >= 0.3 is 0 Å². The summed E-state index contributed by atoms with van der Waals surface area (Å²) in [7, 11) is 1.47. The molecule has 0 aliphatic heterocycles. The molecular formula is C18H20N2O4. The fraction of sp³-hybridized carbons (Fsp3) is 0.222. The van der Waals surface area contributed by atoms with Crippen molar-refractivity contribution >= 4 is 11.8 Å². The average molecular weight is 328 g/mol. The number of hydrazine groups is 1. The number of hydrogen-bond acceptors (Lipinski definition) is 4. The van der Waals surface area contributed by atoms with E-state index in [1.807, 2.05) is 19.1 Å². The van der Waals surface area contributed by atoms with Crippen molar-refractivity contribution in [3.8, 4) is 11.5 Å². The van der Waals surface area contributed by atoms with E-state index in [2.05, 4.69) is 10.9 Å². The molecule has 0 aliphatic rings. The van der Waals surface area contributed by atoms with E-state index in [4.69, 9.17) is 9.47 Å². The zero-order valence-electron chi connectivity index (χ0n) is 13.8. The molecule has 6 nitrogen and oxygen atoms in total. The molecule has 0 saturated heterocycles. The zero-order valence-corrected chi connectivity index (χ0v) is 13.8. The number of aryl methyl sites for hydroxylation is 1. The maximum Gasteiger partial charge on any atom is 0.279 e. The van der Waals surface area contributed by atoms with Crippen LogP contribution in [0.1, 0.15) is 22.8 Å². The quantitative estimate of drug-likeness (QED) is 0.825. The standard InChI is InChI=1S/C18H20N2O4/c1-12-8-10-14(11-9-12)24-13(2)17(21)19-20-18(22)15-6-4-5-7-16(15)23-3/h4-11,13H,1-3H3,(H,19,21)(H,20,22)/t13-/m0/s1. The molecular weight excluding hydrogens is 308 g/mol. The van der Waals surface area contributed by atoms with Crippen LogP contribution in [0.25, 0.3) is 0 Å². The summed E-state index contributed by atoms with van der Waals surface area (Å²) in [6, 6.07) is 14.1. The Hall–Kier alpha value is -3.02. The molecule has 2 aromatic carbocycles. The maximum atomic E-state index is 12.1. The van der Waals surface area contributed by atoms with Gasteiger partial charge in [0.1, 0.15) is 11.5 Å². The van der Waals surface area contributed by atoms with Crippen LogP contribution in [0, 0.1) is 6.92 Å². The molecule has 2 N–H and O–H groups in total. The molecule has 0 heterocycles. The van der Waals surface area contributed by atoms with E-state index in [1.165, 1.54) is 7.11 Å². The Balaban J connectivity index is 1.90. The Morgan fingerprint density at radius 1 is 1.00 bits per heavy atom. The van der Waals surface area contributed by atoms with Gasteiger partial charge in [-0.05, 0) is 38.1 Å². The molecule has 0 unspecified atom stereocenters. The molecule has 0 fully saturated rings. The number of nitrogens with one attached hydrogen (secondary N) is 2. The summed E-state index contributed by atoms with van der Waals surface area (Å²) in [5, 5.41) is 0. The Kier molecular flexibility index (Phi) is 5.78. The largest absolute Gasteiger partial charge is 0.496 e. The van der Waals surface area contributed by atoms with Crippen molar-refractivity contribution in [1.82, 2.24) is 10.9 Å². The second kappa shape index (κ2) is 8.01. The Bertz CT molecular complexity index is 713. The highest BCUT2D eigenvalue weighted by Crippen LogP contribution is 2.16. The molecule has 0 aromatic heterocycles. The molecule has 0 aliphatic carbocycles. The second-order valence-electron chi connectivity index (χ2n) is 5.22. The average Bonchev–Trinajstić information content (AvgIpc) is 2.61. The van der Waals surface area contributed by atoms with Crippen LogP contribution < -0.4 is 20.3 Å². The highest BCUT2D eigenvalue weighted by Gasteiger charge is 2.17. The van der Waals surface area contributed by atoms with E-state index in [1.54, 1.807) is 43.3 Å². The van der Waals surface area contributed by atoms with Crippen molar-refractivity contribution in [2.75, 3.05) is 7.11 Å². The molecule has 2 aromatic rings. The number of ether oxygens (including phenoxy) is 2. The van der Waals surface area contributed by atoms with Gasteiger partial charge in [-0.3, -0.25) is 20.4 Å². The van der Waals surface area contributed by atoms with Crippen LogP contribution in [-0.4, -0.2) is 25.0 Å². The monoisotopic (exact) mass is 328 g/mol. The van der Waals surface area contributed by atoms with Crippen molar-refractivity contribution in [3.63, 3.8) is 0 Å². The van der Waals surface area contributed by atoms with E-state index >= 15 is 0 Å². The van der Waals surface area contributed by atoms with Crippen LogP contribution in [0.3, 0.4) is 0 Å². The zero-order chi connectivity index (χ0) is 17.5. The maximum absolute atomic E-state index is 12.1. The highest BCUT2D eigenvalue weighted by molar-refractivity contribution is 5.98. The molecule has 6 heteroatoms. The summed E-state index contributed by atoms with van der Waals surface area (Å²) in [6.45, 7) is 3.57. The predicted octanol–water partition coefficient (Wildman–Crippen LogP) is 2.23. The lowest BCUT2D eigenvalue weighted by molar-refractivity contribution is -0.128. The second-order valence-corrected chi connectivity index (χ2v) is 5.22. The van der Waals surface area contributed by atoms with Gasteiger partial charge in [0, 0.05) is 0 Å². The number of carbonyl (C=O) groups excluding carboxylic acids is 2. The van der Waals surface area contributed by atoms with Gasteiger partial charge in [-0.1, -0.05) is 29.8 Å². The number of carbonyl (C=O) groups is 2. The number of benzene rings is 2. The molecule has 0 radical (unpaired) electrons. The van der Waals surface area contributed by atoms with Gasteiger partial charge in [-0.2, -0.15) is 0 Å². The predicted molar refractivity (Wildman–Crippen MR) is 89.9 cm³/mol. The van der Waals surface area contributed by atoms with Crippen molar-refractivity contribution < 1.29 is 19.1 Å². The molecule has 0 bridgehead atoms. The normalized spacial score (nSPS) is 11.3. The van der Waals surface area contributed by atoms with Crippen molar-refractivity contribution in [2.45, 2.75) is 20.0 Å². The summed E-state index contributed by atoms with van der Waals surface area (Å²) in [5.74, 6) is 0.0784. The first kappa shape index (κ1) is 17.3. The van der Waals surface area contributed by atoms with Crippen LogP contribution in [-0.2, 0) is 4.79 Å². The van der Waals surface area contributed by atoms with E-state index < -0.39 is 17.9 Å². The third-order valence-electron chi connectivity index (χ3n) is 3.35. The highest BCUT2D eigenvalue weighted by atomic mass is 16.5. The van der Waals surface area contributed by atoms with Gasteiger partial charge in [0.25, 0.3) is 11.8 Å². The van der Waals surface area contributed by atoms with E-state index in [0.29, 0.717) is 17.1 Å². The molecule has 2 rings (SSSR count). The van der Waals surface area contributed by atoms with Crippen LogP contribution in [0.15, 0.2) is 48.5 Å². The number of rotatable bonds is 5. The van der Waals surface area contributed by atoms with Crippen LogP contribution in [0.2, 0.25) is 0 Å². The third kappa shape index (κ3) is 4.49. The molecule has 24 heavy (non-hydrogen) atoms. The molecule has 0 spiro atoms. The Labute approximate surface area is 140 Å². The van der Waals surface area contributed by atoms with Gasteiger partial charge in [-0.25, -0.2) is 0 Å². The lowest BCUT2D eigenvalue weighted by Crippen LogP contribution is -2.47. The minimum atomic E-state index is -0.759. The Morgan fingerprint density at radius 3 is 2.33 bits per heavy atom. The minimum absolute atomic E-state index is 0.326. The fourth-order valence-electron chi connectivity index (χ4n) is 1.99. The van der Waals surface area contributed by atoms with Crippen molar-refractivity contribution in [2.24, 2.45) is 0 Å². The number of methoxy groups -OCH3 is 1. The van der Waals surface area contributed by atoms with Crippen molar-refractivity contribution in [1.29, 1.82) is 0 Å². The first-order valence-corrected chi connectivity index (χ1v) is 7.48. The lowest BCUT2D eigenvalue weighted by atomic mass is 10.2. The SMILES string of the molecule is COc1ccccc1C(=O)NNC(=O)[C@H](C)Oc1ccc(C)cc1. The summed E-state index contributed by atoms with van der Waals surface area (Å²) in [5.41, 5.74) is 6.12. The summed E-state index contributed by atoms with van der Waals surface area (Å²) < 4.78 is 10.6. The number of amides is 2. The van der Waals surface area contributed by atoms with Gasteiger partial charge in [0.2, 0.25) is 0 Å². The van der Waals surface area contributed by atoms with Gasteiger partial charge in [0.15, 0.2) is 6.10 Å².